The Morgan fingerprint density at radius 1 is 1.42 bits per heavy atom. The molecule has 2 N–H and O–H groups in total. The molecule has 1 atom stereocenters. The van der Waals surface area contributed by atoms with Crippen molar-refractivity contribution in [3.05, 3.63) is 20.8 Å². The predicted molar refractivity (Wildman–Crippen MR) is 99.9 cm³/mol. The molecule has 0 bridgehead atoms. The molecule has 1 amide bonds. The second kappa shape index (κ2) is 7.27. The van der Waals surface area contributed by atoms with E-state index in [0.717, 1.165) is 48.7 Å². The Morgan fingerprint density at radius 3 is 2.92 bits per heavy atom. The second-order valence-electron chi connectivity index (χ2n) is 6.26. The lowest BCUT2D eigenvalue weighted by Gasteiger charge is -2.14. The van der Waals surface area contributed by atoms with Crippen molar-refractivity contribution in [3.8, 4) is 0 Å². The number of fused-ring (bicyclic) bond motifs is 3. The van der Waals surface area contributed by atoms with Crippen molar-refractivity contribution in [1.29, 1.82) is 0 Å². The van der Waals surface area contributed by atoms with Gasteiger partial charge in [-0.2, -0.15) is 0 Å². The van der Waals surface area contributed by atoms with Crippen LogP contribution in [0.2, 0.25) is 0 Å². The van der Waals surface area contributed by atoms with E-state index in [1.54, 1.807) is 22.8 Å². The summed E-state index contributed by atoms with van der Waals surface area (Å²) in [6.45, 7) is 4.54. The number of nitrogens with zero attached hydrogens (tertiary/aromatic N) is 2. The van der Waals surface area contributed by atoms with Gasteiger partial charge in [-0.3, -0.25) is 14.2 Å². The van der Waals surface area contributed by atoms with Crippen molar-refractivity contribution >= 4 is 39.2 Å². The molecule has 0 saturated heterocycles. The number of carbonyl (C=O) groups excluding carboxylic acids is 1. The maximum Gasteiger partial charge on any atom is 0.263 e. The number of aryl methyl sites for hydroxylation is 2. The van der Waals surface area contributed by atoms with Crippen LogP contribution in [0, 0.1) is 0 Å². The monoisotopic (exact) mass is 365 g/mol. The SMILES string of the molecule is CCCCCn1c(SC(C)C(N)=O)nc2sc3c(c2c1=O)CCC3. The molecule has 0 saturated carbocycles. The zero-order valence-electron chi connectivity index (χ0n) is 14.1. The number of aromatic nitrogens is 2. The van der Waals surface area contributed by atoms with Gasteiger partial charge in [0.15, 0.2) is 5.16 Å². The summed E-state index contributed by atoms with van der Waals surface area (Å²) < 4.78 is 1.76. The number of carbonyl (C=O) groups is 1. The third kappa shape index (κ3) is 3.24. The number of unbranched alkanes of at least 4 members (excludes halogenated alkanes) is 2. The summed E-state index contributed by atoms with van der Waals surface area (Å²) in [5.74, 6) is -0.386. The molecule has 2 aromatic rings. The van der Waals surface area contributed by atoms with Crippen molar-refractivity contribution in [2.75, 3.05) is 0 Å². The van der Waals surface area contributed by atoms with Crippen LogP contribution in [0.3, 0.4) is 0 Å². The number of thiophene rings is 1. The first-order chi connectivity index (χ1) is 11.5. The van der Waals surface area contributed by atoms with Gasteiger partial charge >= 0.3 is 0 Å². The average molecular weight is 366 g/mol. The molecule has 0 fully saturated rings. The van der Waals surface area contributed by atoms with Gasteiger partial charge in [-0.1, -0.05) is 31.5 Å². The summed E-state index contributed by atoms with van der Waals surface area (Å²) in [5.41, 5.74) is 6.65. The number of primary amides is 1. The highest BCUT2D eigenvalue weighted by Crippen LogP contribution is 2.36. The van der Waals surface area contributed by atoms with Crippen LogP contribution in [0.1, 0.15) is 50.0 Å². The molecule has 3 rings (SSSR count). The molecule has 1 aliphatic rings. The highest BCUT2D eigenvalue weighted by Gasteiger charge is 2.24. The van der Waals surface area contributed by atoms with Gasteiger partial charge < -0.3 is 5.73 Å². The number of nitrogens with two attached hydrogens (primary N) is 1. The minimum Gasteiger partial charge on any atom is -0.369 e. The fraction of sp³-hybridized carbons (Fsp3) is 0.588. The van der Waals surface area contributed by atoms with Gasteiger partial charge in [0.25, 0.3) is 5.56 Å². The lowest BCUT2D eigenvalue weighted by Crippen LogP contribution is -2.27. The number of rotatable bonds is 7. The quantitative estimate of drug-likeness (QED) is 0.465. The third-order valence-electron chi connectivity index (χ3n) is 4.46. The van der Waals surface area contributed by atoms with E-state index in [4.69, 9.17) is 10.7 Å². The minimum atomic E-state index is -0.404. The van der Waals surface area contributed by atoms with Crippen molar-refractivity contribution in [2.24, 2.45) is 5.73 Å². The van der Waals surface area contributed by atoms with Crippen LogP contribution < -0.4 is 11.3 Å². The second-order valence-corrected chi connectivity index (χ2v) is 8.65. The zero-order chi connectivity index (χ0) is 17.3. The first-order valence-corrected chi connectivity index (χ1v) is 10.2. The van der Waals surface area contributed by atoms with E-state index in [9.17, 15) is 9.59 Å². The molecule has 2 heterocycles. The molecular weight excluding hydrogens is 342 g/mol. The summed E-state index contributed by atoms with van der Waals surface area (Å²) in [4.78, 5) is 31.4. The first-order valence-electron chi connectivity index (χ1n) is 8.54. The molecule has 7 heteroatoms. The largest absolute Gasteiger partial charge is 0.369 e. The Morgan fingerprint density at radius 2 is 2.21 bits per heavy atom. The lowest BCUT2D eigenvalue weighted by molar-refractivity contribution is -0.117. The molecule has 0 aliphatic heterocycles. The van der Waals surface area contributed by atoms with Gasteiger partial charge in [-0.25, -0.2) is 4.98 Å². The van der Waals surface area contributed by atoms with Crippen LogP contribution in [0.5, 0.6) is 0 Å². The van der Waals surface area contributed by atoms with Gasteiger partial charge in [-0.15, -0.1) is 11.3 Å². The van der Waals surface area contributed by atoms with E-state index in [-0.39, 0.29) is 11.5 Å². The van der Waals surface area contributed by atoms with Gasteiger partial charge in [0.2, 0.25) is 5.91 Å². The van der Waals surface area contributed by atoms with E-state index in [2.05, 4.69) is 6.92 Å². The van der Waals surface area contributed by atoms with Crippen molar-refractivity contribution in [1.82, 2.24) is 9.55 Å². The Labute approximate surface area is 149 Å². The summed E-state index contributed by atoms with van der Waals surface area (Å²) in [6.07, 6.45) is 6.26. The van der Waals surface area contributed by atoms with E-state index >= 15 is 0 Å². The van der Waals surface area contributed by atoms with Crippen LogP contribution in [0.4, 0.5) is 0 Å². The number of thioether (sulfide) groups is 1. The van der Waals surface area contributed by atoms with Crippen molar-refractivity contribution < 1.29 is 4.79 Å². The fourth-order valence-electron chi connectivity index (χ4n) is 3.08. The first kappa shape index (κ1) is 17.5. The number of hydrogen-bond acceptors (Lipinski definition) is 5. The molecule has 0 radical (unpaired) electrons. The number of hydrogen-bond donors (Lipinski definition) is 1. The van der Waals surface area contributed by atoms with E-state index in [1.165, 1.54) is 22.2 Å². The Bertz CT molecular complexity index is 825. The molecular formula is C17H23N3O2S2. The zero-order valence-corrected chi connectivity index (χ0v) is 15.8. The average Bonchev–Trinajstić information content (AvgIpc) is 3.10. The van der Waals surface area contributed by atoms with Gasteiger partial charge in [-0.05, 0) is 38.2 Å². The van der Waals surface area contributed by atoms with Crippen LogP contribution in [0.15, 0.2) is 9.95 Å². The third-order valence-corrected chi connectivity index (χ3v) is 6.75. The number of amides is 1. The molecule has 1 unspecified atom stereocenters. The maximum atomic E-state index is 13.1. The topological polar surface area (TPSA) is 78.0 Å². The normalized spacial score (nSPS) is 14.9. The van der Waals surface area contributed by atoms with Crippen molar-refractivity contribution in [2.45, 2.75) is 69.3 Å². The van der Waals surface area contributed by atoms with Gasteiger partial charge in [0, 0.05) is 11.4 Å². The summed E-state index contributed by atoms with van der Waals surface area (Å²) in [6, 6.07) is 0. The van der Waals surface area contributed by atoms with Gasteiger partial charge in [0.05, 0.1) is 10.6 Å². The van der Waals surface area contributed by atoms with Gasteiger partial charge in [0.1, 0.15) is 4.83 Å². The Kier molecular flexibility index (Phi) is 5.30. The molecule has 1 aliphatic carbocycles. The highest BCUT2D eigenvalue weighted by molar-refractivity contribution is 8.00. The molecule has 130 valence electrons. The van der Waals surface area contributed by atoms with Crippen LogP contribution in [-0.2, 0) is 24.2 Å². The summed E-state index contributed by atoms with van der Waals surface area (Å²) >= 11 is 2.92. The smallest absolute Gasteiger partial charge is 0.263 e. The highest BCUT2D eigenvalue weighted by atomic mass is 32.2. The van der Waals surface area contributed by atoms with Crippen molar-refractivity contribution in [3.63, 3.8) is 0 Å². The molecule has 2 aromatic heterocycles. The molecule has 0 spiro atoms. The molecule has 0 aromatic carbocycles. The minimum absolute atomic E-state index is 0.0506. The summed E-state index contributed by atoms with van der Waals surface area (Å²) in [7, 11) is 0. The fourth-order valence-corrected chi connectivity index (χ4v) is 5.27. The Balaban J connectivity index is 2.08. The Hall–Kier alpha value is -1.34. The van der Waals surface area contributed by atoms with Crippen LogP contribution in [-0.4, -0.2) is 20.7 Å². The van der Waals surface area contributed by atoms with E-state index in [0.29, 0.717) is 11.7 Å². The van der Waals surface area contributed by atoms with E-state index < -0.39 is 5.25 Å². The lowest BCUT2D eigenvalue weighted by atomic mass is 10.2. The molecule has 5 nitrogen and oxygen atoms in total. The maximum absolute atomic E-state index is 13.1. The molecule has 24 heavy (non-hydrogen) atoms. The van der Waals surface area contributed by atoms with Crippen LogP contribution >= 0.6 is 23.1 Å². The van der Waals surface area contributed by atoms with E-state index in [1.807, 2.05) is 0 Å². The summed E-state index contributed by atoms with van der Waals surface area (Å²) in [5, 5.41) is 1.02. The predicted octanol–water partition coefficient (Wildman–Crippen LogP) is 3.10. The standard InChI is InChI=1S/C17H23N3O2S2/c1-3-4-5-9-20-16(22)13-11-7-6-8-12(11)24-15(13)19-17(20)23-10(2)14(18)21/h10H,3-9H2,1-2H3,(H2,18,21). The van der Waals surface area contributed by atoms with Crippen LogP contribution in [0.25, 0.3) is 10.2 Å².